The van der Waals surface area contributed by atoms with Crippen molar-refractivity contribution in [3.8, 4) is 0 Å². The predicted molar refractivity (Wildman–Crippen MR) is 376 cm³/mol. The van der Waals surface area contributed by atoms with Gasteiger partial charge in [-0.2, -0.15) is 0 Å². The first kappa shape index (κ1) is 84.5. The molecule has 2 unspecified atom stereocenters. The minimum Gasteiger partial charge on any atom is -0.462 e. The van der Waals surface area contributed by atoms with Gasteiger partial charge in [-0.15, -0.1) is 0 Å². The molecule has 508 valence electrons. The van der Waals surface area contributed by atoms with Gasteiger partial charge in [-0.1, -0.05) is 350 Å². The Kier molecular flexibility index (Phi) is 70.4. The van der Waals surface area contributed by atoms with Crippen molar-refractivity contribution in [2.24, 2.45) is 5.73 Å². The molecular formula is C77H142NO8P. The van der Waals surface area contributed by atoms with Gasteiger partial charge < -0.3 is 20.1 Å². The van der Waals surface area contributed by atoms with Gasteiger partial charge in [0.25, 0.3) is 0 Å². The van der Waals surface area contributed by atoms with Crippen molar-refractivity contribution in [2.75, 3.05) is 26.4 Å². The molecule has 87 heavy (non-hydrogen) atoms. The molecule has 2 atom stereocenters. The average Bonchev–Trinajstić information content (AvgIpc) is 3.64. The second kappa shape index (κ2) is 72.5. The van der Waals surface area contributed by atoms with E-state index in [9.17, 15) is 19.0 Å². The van der Waals surface area contributed by atoms with Crippen LogP contribution in [0.2, 0.25) is 0 Å². The number of hydrogen-bond acceptors (Lipinski definition) is 8. The zero-order valence-corrected chi connectivity index (χ0v) is 58.2. The van der Waals surface area contributed by atoms with Crippen molar-refractivity contribution in [2.45, 2.75) is 380 Å². The van der Waals surface area contributed by atoms with Crippen molar-refractivity contribution in [1.29, 1.82) is 0 Å². The predicted octanol–water partition coefficient (Wildman–Crippen LogP) is 24.8. The minimum absolute atomic E-state index is 0.0540. The van der Waals surface area contributed by atoms with Crippen LogP contribution in [0, 0.1) is 0 Å². The van der Waals surface area contributed by atoms with Gasteiger partial charge in [-0.25, -0.2) is 4.57 Å². The first-order chi connectivity index (χ1) is 42.8. The third-order valence-corrected chi connectivity index (χ3v) is 17.6. The smallest absolute Gasteiger partial charge is 0.462 e. The summed E-state index contributed by atoms with van der Waals surface area (Å²) in [6.07, 6.45) is 95.9. The van der Waals surface area contributed by atoms with E-state index in [0.717, 1.165) is 70.6 Å². The Balaban J connectivity index is 3.81. The number of allylic oxidation sites excluding steroid dienone is 12. The normalized spacial score (nSPS) is 13.3. The van der Waals surface area contributed by atoms with Crippen LogP contribution < -0.4 is 5.73 Å². The van der Waals surface area contributed by atoms with E-state index >= 15 is 0 Å². The summed E-state index contributed by atoms with van der Waals surface area (Å²) >= 11 is 0. The van der Waals surface area contributed by atoms with E-state index in [-0.39, 0.29) is 38.6 Å². The molecule has 0 rings (SSSR count). The standard InChI is InChI=1S/C77H142NO8P/c1-3-5-7-9-11-13-15-17-19-21-23-25-27-29-31-33-35-37-39-41-43-45-47-49-51-53-55-57-59-61-63-65-67-69-76(79)83-73-75(74-85-87(81,82)84-72-71-78)86-77(80)70-68-66-64-62-60-58-56-54-52-50-48-46-44-42-40-38-36-34-32-30-28-26-24-22-20-18-16-14-12-10-8-6-4-2/h6,8,12,14,18,20-21,23-24,26,30,32,75H,3-5,7,9-11,13,15-17,19,22,25,27-29,31,33-74,78H2,1-2H3,(H,81,82)/b8-6-,14-12-,20-18-,23-21-,26-24-,32-30-. The molecule has 0 amide bonds. The maximum Gasteiger partial charge on any atom is 0.472 e. The van der Waals surface area contributed by atoms with Crippen molar-refractivity contribution in [3.05, 3.63) is 72.9 Å². The van der Waals surface area contributed by atoms with Crippen molar-refractivity contribution < 1.29 is 37.6 Å². The third-order valence-electron chi connectivity index (χ3n) is 16.6. The lowest BCUT2D eigenvalue weighted by Gasteiger charge is -2.19. The number of rotatable bonds is 71. The SMILES string of the molecule is CC/C=C\C/C=C\C/C=C\C/C=C\C/C=C\CCCCCCCCCCCCCCCCCCCC(=O)OC(COC(=O)CCCCCCCCCCCCCCCCCCCCCCC/C=C\CCCCCCCCCC)COP(=O)(O)OCCN. The summed E-state index contributed by atoms with van der Waals surface area (Å²) in [6.45, 7) is 3.69. The number of esters is 2. The molecule has 0 bridgehead atoms. The fraction of sp³-hybridized carbons (Fsp3) is 0.818. The van der Waals surface area contributed by atoms with Crippen LogP contribution >= 0.6 is 7.82 Å². The maximum absolute atomic E-state index is 12.8. The Morgan fingerprint density at radius 2 is 0.632 bits per heavy atom. The summed E-state index contributed by atoms with van der Waals surface area (Å²) < 4.78 is 33.2. The molecular weight excluding hydrogens is 1100 g/mol. The molecule has 3 N–H and O–H groups in total. The number of nitrogens with two attached hydrogens (primary N) is 1. The molecule has 0 aliphatic heterocycles. The first-order valence-electron chi connectivity index (χ1n) is 37.4. The number of phosphoric ester groups is 1. The second-order valence-corrected chi connectivity index (χ2v) is 26.6. The van der Waals surface area contributed by atoms with Crippen LogP contribution in [0.4, 0.5) is 0 Å². The van der Waals surface area contributed by atoms with Crippen LogP contribution in [0.5, 0.6) is 0 Å². The Hall–Kier alpha value is -2.55. The van der Waals surface area contributed by atoms with Crippen LogP contribution in [0.15, 0.2) is 72.9 Å². The number of hydrogen-bond donors (Lipinski definition) is 2. The van der Waals surface area contributed by atoms with Crippen LogP contribution in [0.25, 0.3) is 0 Å². The summed E-state index contributed by atoms with van der Waals surface area (Å²) in [5.41, 5.74) is 5.41. The second-order valence-electron chi connectivity index (χ2n) is 25.1. The maximum atomic E-state index is 12.8. The lowest BCUT2D eigenvalue weighted by atomic mass is 10.0. The van der Waals surface area contributed by atoms with E-state index in [2.05, 4.69) is 86.8 Å². The Morgan fingerprint density at radius 1 is 0.356 bits per heavy atom. The summed E-state index contributed by atoms with van der Waals surface area (Å²) in [4.78, 5) is 35.4. The molecule has 0 fully saturated rings. The molecule has 0 saturated heterocycles. The van der Waals surface area contributed by atoms with Gasteiger partial charge in [-0.3, -0.25) is 18.6 Å². The highest BCUT2D eigenvalue weighted by Gasteiger charge is 2.26. The molecule has 10 heteroatoms. The molecule has 0 saturated carbocycles. The molecule has 0 aromatic carbocycles. The van der Waals surface area contributed by atoms with E-state index in [1.807, 2.05) is 0 Å². The van der Waals surface area contributed by atoms with Crippen LogP contribution in [-0.2, 0) is 32.7 Å². The highest BCUT2D eigenvalue weighted by molar-refractivity contribution is 7.47. The Bertz CT molecular complexity index is 1660. The highest BCUT2D eigenvalue weighted by Crippen LogP contribution is 2.43. The molecule has 9 nitrogen and oxygen atoms in total. The van der Waals surface area contributed by atoms with E-state index in [4.69, 9.17) is 24.3 Å². The highest BCUT2D eigenvalue weighted by atomic mass is 31.2. The van der Waals surface area contributed by atoms with E-state index in [1.165, 1.54) is 270 Å². The quantitative estimate of drug-likeness (QED) is 0.0264. The van der Waals surface area contributed by atoms with Crippen LogP contribution in [0.1, 0.15) is 373 Å². The van der Waals surface area contributed by atoms with Gasteiger partial charge >= 0.3 is 19.8 Å². The lowest BCUT2D eigenvalue weighted by molar-refractivity contribution is -0.161. The van der Waals surface area contributed by atoms with Gasteiger partial charge in [0.05, 0.1) is 13.2 Å². The van der Waals surface area contributed by atoms with Gasteiger partial charge in [0.1, 0.15) is 6.61 Å². The topological polar surface area (TPSA) is 134 Å². The number of ether oxygens (including phenoxy) is 2. The van der Waals surface area contributed by atoms with Crippen LogP contribution in [-0.4, -0.2) is 49.3 Å². The fourth-order valence-electron chi connectivity index (χ4n) is 11.1. The molecule has 0 aromatic heterocycles. The van der Waals surface area contributed by atoms with E-state index in [1.54, 1.807) is 0 Å². The summed E-state index contributed by atoms with van der Waals surface area (Å²) in [5.74, 6) is -0.809. The molecule has 0 spiro atoms. The largest absolute Gasteiger partial charge is 0.472 e. The first-order valence-corrected chi connectivity index (χ1v) is 38.9. The van der Waals surface area contributed by atoms with Crippen molar-refractivity contribution in [1.82, 2.24) is 0 Å². The number of unbranched alkanes of at least 4 members (excludes halogenated alkanes) is 46. The third kappa shape index (κ3) is 72.4. The lowest BCUT2D eigenvalue weighted by Crippen LogP contribution is -2.29. The van der Waals surface area contributed by atoms with Gasteiger partial charge in [0.2, 0.25) is 0 Å². The van der Waals surface area contributed by atoms with Gasteiger partial charge in [0, 0.05) is 19.4 Å². The fourth-order valence-corrected chi connectivity index (χ4v) is 11.8. The zero-order chi connectivity index (χ0) is 63.0. The molecule has 0 heterocycles. The van der Waals surface area contributed by atoms with Crippen LogP contribution in [0.3, 0.4) is 0 Å². The molecule has 0 aromatic rings. The average molecular weight is 1240 g/mol. The number of carbonyl (C=O) groups is 2. The number of carbonyl (C=O) groups excluding carboxylic acids is 2. The van der Waals surface area contributed by atoms with E-state index in [0.29, 0.717) is 6.42 Å². The summed E-state index contributed by atoms with van der Waals surface area (Å²) in [5, 5.41) is 0. The van der Waals surface area contributed by atoms with Gasteiger partial charge in [0.15, 0.2) is 6.10 Å². The minimum atomic E-state index is -4.40. The molecule has 0 aliphatic rings. The Morgan fingerprint density at radius 3 is 0.954 bits per heavy atom. The van der Waals surface area contributed by atoms with Gasteiger partial charge in [-0.05, 0) is 83.5 Å². The van der Waals surface area contributed by atoms with Crippen molar-refractivity contribution >= 4 is 19.8 Å². The summed E-state index contributed by atoms with van der Waals surface area (Å²) in [7, 11) is -4.40. The number of phosphoric acid groups is 1. The zero-order valence-electron chi connectivity index (χ0n) is 57.3. The van der Waals surface area contributed by atoms with E-state index < -0.39 is 26.5 Å². The van der Waals surface area contributed by atoms with Crippen molar-refractivity contribution in [3.63, 3.8) is 0 Å². The summed E-state index contributed by atoms with van der Waals surface area (Å²) in [6, 6.07) is 0. The molecule has 0 radical (unpaired) electrons. The molecule has 0 aliphatic carbocycles. The monoisotopic (exact) mass is 1240 g/mol. The Labute approximate surface area is 539 Å².